The number of benzene rings is 1. The standard InChI is InChI=1S/C15H21ClFN/c1-18-15(9-11-5-3-2-4-6-11)13-10-12(16)7-8-14(13)17/h7-8,10-11,15,18H,2-6,9H2,1H3. The number of hydrogen-bond acceptors (Lipinski definition) is 1. The number of hydrogen-bond donors (Lipinski definition) is 1. The van der Waals surface area contributed by atoms with Crippen LogP contribution in [0.5, 0.6) is 0 Å². The van der Waals surface area contributed by atoms with Crippen LogP contribution < -0.4 is 5.32 Å². The second kappa shape index (κ2) is 6.53. The van der Waals surface area contributed by atoms with Crippen molar-refractivity contribution in [3.8, 4) is 0 Å². The van der Waals surface area contributed by atoms with Gasteiger partial charge in [0.2, 0.25) is 0 Å². The first-order chi connectivity index (χ1) is 8.70. The van der Waals surface area contributed by atoms with Gasteiger partial charge in [-0.3, -0.25) is 0 Å². The van der Waals surface area contributed by atoms with E-state index in [0.717, 1.165) is 12.3 Å². The zero-order valence-electron chi connectivity index (χ0n) is 10.9. The van der Waals surface area contributed by atoms with Gasteiger partial charge in [0.1, 0.15) is 5.82 Å². The molecule has 1 aliphatic rings. The Kier molecular flexibility index (Phi) is 5.02. The summed E-state index contributed by atoms with van der Waals surface area (Å²) in [7, 11) is 1.90. The lowest BCUT2D eigenvalue weighted by Gasteiger charge is -2.27. The van der Waals surface area contributed by atoms with Crippen LogP contribution in [-0.2, 0) is 0 Å². The second-order valence-corrected chi connectivity index (χ2v) is 5.68. The van der Waals surface area contributed by atoms with Gasteiger partial charge in [-0.2, -0.15) is 0 Å². The molecule has 0 spiro atoms. The quantitative estimate of drug-likeness (QED) is 0.835. The maximum Gasteiger partial charge on any atom is 0.128 e. The molecule has 1 atom stereocenters. The molecule has 100 valence electrons. The monoisotopic (exact) mass is 269 g/mol. The minimum atomic E-state index is -0.158. The van der Waals surface area contributed by atoms with E-state index in [2.05, 4.69) is 5.32 Å². The Balaban J connectivity index is 2.09. The maximum atomic E-state index is 13.9. The van der Waals surface area contributed by atoms with Crippen molar-refractivity contribution >= 4 is 11.6 Å². The average molecular weight is 270 g/mol. The molecule has 1 unspecified atom stereocenters. The Morgan fingerprint density at radius 3 is 2.72 bits per heavy atom. The van der Waals surface area contributed by atoms with Crippen molar-refractivity contribution in [1.82, 2.24) is 5.32 Å². The molecule has 1 aromatic rings. The average Bonchev–Trinajstić information content (AvgIpc) is 2.40. The minimum Gasteiger partial charge on any atom is -0.313 e. The Morgan fingerprint density at radius 2 is 2.06 bits per heavy atom. The first-order valence-electron chi connectivity index (χ1n) is 6.83. The van der Waals surface area contributed by atoms with Crippen molar-refractivity contribution in [1.29, 1.82) is 0 Å². The zero-order valence-corrected chi connectivity index (χ0v) is 11.6. The van der Waals surface area contributed by atoms with Gasteiger partial charge >= 0.3 is 0 Å². The molecule has 0 bridgehead atoms. The predicted molar refractivity (Wildman–Crippen MR) is 74.4 cm³/mol. The molecular weight excluding hydrogens is 249 g/mol. The predicted octanol–water partition coefficient (Wildman–Crippen LogP) is 4.71. The smallest absolute Gasteiger partial charge is 0.128 e. The maximum absolute atomic E-state index is 13.9. The van der Waals surface area contributed by atoms with E-state index in [4.69, 9.17) is 11.6 Å². The van der Waals surface area contributed by atoms with E-state index in [9.17, 15) is 4.39 Å². The van der Waals surface area contributed by atoms with Gasteiger partial charge in [-0.1, -0.05) is 43.7 Å². The topological polar surface area (TPSA) is 12.0 Å². The summed E-state index contributed by atoms with van der Waals surface area (Å²) in [6.45, 7) is 0. The molecule has 0 aromatic heterocycles. The van der Waals surface area contributed by atoms with Gasteiger partial charge < -0.3 is 5.32 Å². The number of rotatable bonds is 4. The van der Waals surface area contributed by atoms with Crippen LogP contribution in [0.4, 0.5) is 4.39 Å². The highest BCUT2D eigenvalue weighted by atomic mass is 35.5. The summed E-state index contributed by atoms with van der Waals surface area (Å²) < 4.78 is 13.9. The molecule has 1 N–H and O–H groups in total. The largest absolute Gasteiger partial charge is 0.313 e. The van der Waals surface area contributed by atoms with Gasteiger partial charge in [0, 0.05) is 16.6 Å². The Bertz CT molecular complexity index is 388. The van der Waals surface area contributed by atoms with E-state index >= 15 is 0 Å². The lowest BCUT2D eigenvalue weighted by atomic mass is 9.83. The highest BCUT2D eigenvalue weighted by Crippen LogP contribution is 2.33. The fourth-order valence-electron chi connectivity index (χ4n) is 2.94. The van der Waals surface area contributed by atoms with Crippen molar-refractivity contribution < 1.29 is 4.39 Å². The first kappa shape index (κ1) is 13.8. The summed E-state index contributed by atoms with van der Waals surface area (Å²) in [5.41, 5.74) is 0.704. The van der Waals surface area contributed by atoms with E-state index in [1.165, 1.54) is 38.2 Å². The normalized spacial score (nSPS) is 18.8. The molecule has 1 nitrogen and oxygen atoms in total. The van der Waals surface area contributed by atoms with Crippen molar-refractivity contribution in [2.24, 2.45) is 5.92 Å². The van der Waals surface area contributed by atoms with Crippen LogP contribution in [0.2, 0.25) is 5.02 Å². The molecule has 0 amide bonds. The molecule has 0 heterocycles. The molecule has 1 aliphatic carbocycles. The molecule has 18 heavy (non-hydrogen) atoms. The van der Waals surface area contributed by atoms with Gasteiger partial charge in [0.25, 0.3) is 0 Å². The van der Waals surface area contributed by atoms with Crippen LogP contribution in [-0.4, -0.2) is 7.05 Å². The molecule has 1 fully saturated rings. The third-order valence-corrected chi connectivity index (χ3v) is 4.21. The molecule has 3 heteroatoms. The van der Waals surface area contributed by atoms with Gasteiger partial charge in [-0.15, -0.1) is 0 Å². The summed E-state index contributed by atoms with van der Waals surface area (Å²) in [5, 5.41) is 3.84. The summed E-state index contributed by atoms with van der Waals surface area (Å²) in [4.78, 5) is 0. The molecule has 0 saturated heterocycles. The van der Waals surface area contributed by atoms with Crippen LogP contribution in [0, 0.1) is 11.7 Å². The molecule has 0 aliphatic heterocycles. The third kappa shape index (κ3) is 3.46. The second-order valence-electron chi connectivity index (χ2n) is 5.25. The zero-order chi connectivity index (χ0) is 13.0. The molecule has 1 saturated carbocycles. The minimum absolute atomic E-state index is 0.0757. The van der Waals surface area contributed by atoms with Crippen LogP contribution >= 0.6 is 11.6 Å². The lowest BCUT2D eigenvalue weighted by Crippen LogP contribution is -2.22. The number of nitrogens with one attached hydrogen (secondary N) is 1. The highest BCUT2D eigenvalue weighted by molar-refractivity contribution is 6.30. The van der Waals surface area contributed by atoms with Gasteiger partial charge in [0.05, 0.1) is 0 Å². The van der Waals surface area contributed by atoms with Crippen LogP contribution in [0.15, 0.2) is 18.2 Å². The van der Waals surface area contributed by atoms with Crippen molar-refractivity contribution in [3.05, 3.63) is 34.6 Å². The molecule has 1 aromatic carbocycles. The van der Waals surface area contributed by atoms with Crippen molar-refractivity contribution in [2.75, 3.05) is 7.05 Å². The lowest BCUT2D eigenvalue weighted by molar-refractivity contribution is 0.303. The van der Waals surface area contributed by atoms with Gasteiger partial charge in [-0.05, 0) is 37.6 Å². The Hall–Kier alpha value is -0.600. The van der Waals surface area contributed by atoms with E-state index in [1.54, 1.807) is 12.1 Å². The first-order valence-corrected chi connectivity index (χ1v) is 7.20. The summed E-state index contributed by atoms with van der Waals surface area (Å²) >= 11 is 5.97. The van der Waals surface area contributed by atoms with E-state index in [1.807, 2.05) is 7.05 Å². The SMILES string of the molecule is CNC(CC1CCCCC1)c1cc(Cl)ccc1F. The summed E-state index contributed by atoms with van der Waals surface area (Å²) in [5.74, 6) is 0.559. The van der Waals surface area contributed by atoms with Crippen molar-refractivity contribution in [2.45, 2.75) is 44.6 Å². The molecule has 2 rings (SSSR count). The van der Waals surface area contributed by atoms with Crippen molar-refractivity contribution in [3.63, 3.8) is 0 Å². The Labute approximate surface area is 114 Å². The highest BCUT2D eigenvalue weighted by Gasteiger charge is 2.21. The molecular formula is C15H21ClFN. The third-order valence-electron chi connectivity index (χ3n) is 3.98. The summed E-state index contributed by atoms with van der Waals surface area (Å²) in [6, 6.07) is 4.89. The fraction of sp³-hybridized carbons (Fsp3) is 0.600. The van der Waals surface area contributed by atoms with Gasteiger partial charge in [0.15, 0.2) is 0 Å². The van der Waals surface area contributed by atoms with Gasteiger partial charge in [-0.25, -0.2) is 4.39 Å². The van der Waals surface area contributed by atoms with E-state index in [0.29, 0.717) is 10.6 Å². The fourth-order valence-corrected chi connectivity index (χ4v) is 3.12. The van der Waals surface area contributed by atoms with Crippen LogP contribution in [0.25, 0.3) is 0 Å². The summed E-state index contributed by atoms with van der Waals surface area (Å²) in [6.07, 6.45) is 7.55. The van der Waals surface area contributed by atoms with E-state index in [-0.39, 0.29) is 11.9 Å². The Morgan fingerprint density at radius 1 is 1.33 bits per heavy atom. The van der Waals surface area contributed by atoms with E-state index < -0.39 is 0 Å². The van der Waals surface area contributed by atoms with Crippen LogP contribution in [0.1, 0.15) is 50.1 Å². The molecule has 0 radical (unpaired) electrons. The van der Waals surface area contributed by atoms with Crippen LogP contribution in [0.3, 0.4) is 0 Å². The number of halogens is 2.